The van der Waals surface area contributed by atoms with E-state index in [4.69, 9.17) is 0 Å². The molecule has 1 unspecified atom stereocenters. The van der Waals surface area contributed by atoms with Crippen molar-refractivity contribution in [3.63, 3.8) is 0 Å². The first-order valence-electron chi connectivity index (χ1n) is 6.77. The van der Waals surface area contributed by atoms with Crippen LogP contribution in [0.3, 0.4) is 0 Å². The summed E-state index contributed by atoms with van der Waals surface area (Å²) in [7, 11) is 2.12. The van der Waals surface area contributed by atoms with E-state index < -0.39 is 0 Å². The van der Waals surface area contributed by atoms with Crippen molar-refractivity contribution < 1.29 is 9.18 Å². The normalized spacial score (nSPS) is 21.5. The standard InChI is InChI=1S/C15H21FN2O/c1-12-11-17(2)8-9-18(12)7-6-15(19)13-4-3-5-14(16)10-13/h3-5,10,12H,6-9,11H2,1-2H3. The molecule has 104 valence electrons. The Morgan fingerprint density at radius 3 is 2.89 bits per heavy atom. The van der Waals surface area contributed by atoms with E-state index >= 15 is 0 Å². The summed E-state index contributed by atoms with van der Waals surface area (Å²) in [6.45, 7) is 6.01. The largest absolute Gasteiger partial charge is 0.304 e. The molecule has 19 heavy (non-hydrogen) atoms. The lowest BCUT2D eigenvalue weighted by atomic mass is 10.1. The molecule has 0 N–H and O–H groups in total. The number of halogens is 1. The van der Waals surface area contributed by atoms with Gasteiger partial charge in [0, 0.05) is 44.2 Å². The molecule has 0 bridgehead atoms. The number of nitrogens with zero attached hydrogens (tertiary/aromatic N) is 2. The molecule has 1 aliphatic heterocycles. The van der Waals surface area contributed by atoms with Gasteiger partial charge in [-0.1, -0.05) is 12.1 Å². The van der Waals surface area contributed by atoms with Crippen LogP contribution in [0.25, 0.3) is 0 Å². The molecule has 1 saturated heterocycles. The molecule has 0 aliphatic carbocycles. The fraction of sp³-hybridized carbons (Fsp3) is 0.533. The molecule has 0 spiro atoms. The fourth-order valence-corrected chi connectivity index (χ4v) is 2.56. The van der Waals surface area contributed by atoms with Crippen LogP contribution in [0.2, 0.25) is 0 Å². The number of rotatable bonds is 4. The van der Waals surface area contributed by atoms with E-state index in [1.165, 1.54) is 12.1 Å². The number of carbonyl (C=O) groups excluding carboxylic acids is 1. The molecule has 0 aromatic heterocycles. The Balaban J connectivity index is 1.87. The van der Waals surface area contributed by atoms with Crippen molar-refractivity contribution in [1.29, 1.82) is 0 Å². The number of Topliss-reactive ketones (excluding diaryl/α,β-unsaturated/α-hetero) is 1. The van der Waals surface area contributed by atoms with Crippen LogP contribution in [0.15, 0.2) is 24.3 Å². The second kappa shape index (κ2) is 6.26. The molecular formula is C15H21FN2O. The van der Waals surface area contributed by atoms with Gasteiger partial charge in [-0.25, -0.2) is 4.39 Å². The van der Waals surface area contributed by atoms with Crippen molar-refractivity contribution in [2.24, 2.45) is 0 Å². The summed E-state index contributed by atoms with van der Waals surface area (Å²) in [5.41, 5.74) is 0.474. The minimum absolute atomic E-state index is 0.0191. The molecular weight excluding hydrogens is 243 g/mol. The summed E-state index contributed by atoms with van der Waals surface area (Å²) in [5, 5.41) is 0. The molecule has 2 rings (SSSR count). The van der Waals surface area contributed by atoms with E-state index in [9.17, 15) is 9.18 Å². The van der Waals surface area contributed by atoms with E-state index in [2.05, 4.69) is 23.8 Å². The summed E-state index contributed by atoms with van der Waals surface area (Å²) in [4.78, 5) is 16.6. The van der Waals surface area contributed by atoms with Crippen LogP contribution in [0, 0.1) is 5.82 Å². The van der Waals surface area contributed by atoms with Gasteiger partial charge in [-0.3, -0.25) is 9.69 Å². The van der Waals surface area contributed by atoms with Crippen LogP contribution in [-0.2, 0) is 0 Å². The highest BCUT2D eigenvalue weighted by molar-refractivity contribution is 5.96. The maximum Gasteiger partial charge on any atom is 0.164 e. The second-order valence-electron chi connectivity index (χ2n) is 5.33. The zero-order valence-electron chi connectivity index (χ0n) is 11.6. The first-order chi connectivity index (χ1) is 9.06. The molecule has 0 saturated carbocycles. The van der Waals surface area contributed by atoms with Crippen molar-refractivity contribution in [3.8, 4) is 0 Å². The molecule has 1 aromatic rings. The van der Waals surface area contributed by atoms with E-state index in [0.717, 1.165) is 26.2 Å². The Bertz CT molecular complexity index is 450. The van der Waals surface area contributed by atoms with Crippen LogP contribution in [0.4, 0.5) is 4.39 Å². The molecule has 1 aromatic carbocycles. The Labute approximate surface area is 114 Å². The van der Waals surface area contributed by atoms with Gasteiger partial charge in [0.25, 0.3) is 0 Å². The lowest BCUT2D eigenvalue weighted by Crippen LogP contribution is -2.50. The van der Waals surface area contributed by atoms with Gasteiger partial charge >= 0.3 is 0 Å². The van der Waals surface area contributed by atoms with Gasteiger partial charge in [0.05, 0.1) is 0 Å². The summed E-state index contributed by atoms with van der Waals surface area (Å²) in [6, 6.07) is 6.41. The number of likely N-dealkylation sites (N-methyl/N-ethyl adjacent to an activating group) is 1. The highest BCUT2D eigenvalue weighted by atomic mass is 19.1. The van der Waals surface area contributed by atoms with Crippen LogP contribution in [0.1, 0.15) is 23.7 Å². The predicted molar refractivity (Wildman–Crippen MR) is 73.9 cm³/mol. The zero-order chi connectivity index (χ0) is 13.8. The first-order valence-corrected chi connectivity index (χ1v) is 6.77. The van der Waals surface area contributed by atoms with Gasteiger partial charge in [0.2, 0.25) is 0 Å². The average Bonchev–Trinajstić information content (AvgIpc) is 2.37. The van der Waals surface area contributed by atoms with E-state index in [0.29, 0.717) is 18.0 Å². The Hall–Kier alpha value is -1.26. The second-order valence-corrected chi connectivity index (χ2v) is 5.33. The maximum atomic E-state index is 13.1. The molecule has 1 fully saturated rings. The highest BCUT2D eigenvalue weighted by Gasteiger charge is 2.21. The third-order valence-electron chi connectivity index (χ3n) is 3.74. The summed E-state index contributed by atoms with van der Waals surface area (Å²) in [6.07, 6.45) is 0.456. The van der Waals surface area contributed by atoms with Gasteiger partial charge in [0.15, 0.2) is 5.78 Å². The molecule has 4 heteroatoms. The third kappa shape index (κ3) is 3.85. The first kappa shape index (κ1) is 14.2. The van der Waals surface area contributed by atoms with Crippen molar-refractivity contribution in [2.45, 2.75) is 19.4 Å². The number of hydrogen-bond donors (Lipinski definition) is 0. The number of piperazine rings is 1. The van der Waals surface area contributed by atoms with Crippen molar-refractivity contribution in [3.05, 3.63) is 35.6 Å². The SMILES string of the molecule is CC1CN(C)CCN1CCC(=O)c1cccc(F)c1. The van der Waals surface area contributed by atoms with Crippen molar-refractivity contribution in [1.82, 2.24) is 9.80 Å². The van der Waals surface area contributed by atoms with Crippen LogP contribution in [0.5, 0.6) is 0 Å². The third-order valence-corrected chi connectivity index (χ3v) is 3.74. The van der Waals surface area contributed by atoms with E-state index in [1.807, 2.05) is 0 Å². The van der Waals surface area contributed by atoms with E-state index in [-0.39, 0.29) is 11.6 Å². The van der Waals surface area contributed by atoms with E-state index in [1.54, 1.807) is 12.1 Å². The molecule has 3 nitrogen and oxygen atoms in total. The quantitative estimate of drug-likeness (QED) is 0.778. The van der Waals surface area contributed by atoms with Gasteiger partial charge in [-0.2, -0.15) is 0 Å². The highest BCUT2D eigenvalue weighted by Crippen LogP contribution is 2.11. The molecule has 0 radical (unpaired) electrons. The Morgan fingerprint density at radius 1 is 1.42 bits per heavy atom. The minimum atomic E-state index is -0.348. The minimum Gasteiger partial charge on any atom is -0.304 e. The molecule has 1 aliphatic rings. The van der Waals surface area contributed by atoms with Gasteiger partial charge in [-0.15, -0.1) is 0 Å². The van der Waals surface area contributed by atoms with Crippen molar-refractivity contribution >= 4 is 5.78 Å². The van der Waals surface area contributed by atoms with Gasteiger partial charge in [0.1, 0.15) is 5.82 Å². The number of benzene rings is 1. The Morgan fingerprint density at radius 2 is 2.21 bits per heavy atom. The summed E-state index contributed by atoms with van der Waals surface area (Å²) < 4.78 is 13.1. The molecule has 0 amide bonds. The Kier molecular flexibility index (Phi) is 4.66. The number of carbonyl (C=O) groups is 1. The number of hydrogen-bond acceptors (Lipinski definition) is 3. The zero-order valence-corrected chi connectivity index (χ0v) is 11.6. The molecule has 1 heterocycles. The number of ketones is 1. The smallest absolute Gasteiger partial charge is 0.164 e. The lowest BCUT2D eigenvalue weighted by molar-refractivity contribution is 0.0843. The lowest BCUT2D eigenvalue weighted by Gasteiger charge is -2.38. The molecule has 1 atom stereocenters. The van der Waals surface area contributed by atoms with Crippen LogP contribution in [-0.4, -0.2) is 54.9 Å². The van der Waals surface area contributed by atoms with Crippen LogP contribution < -0.4 is 0 Å². The van der Waals surface area contributed by atoms with Crippen LogP contribution >= 0.6 is 0 Å². The average molecular weight is 264 g/mol. The topological polar surface area (TPSA) is 23.6 Å². The van der Waals surface area contributed by atoms with Crippen molar-refractivity contribution in [2.75, 3.05) is 33.2 Å². The summed E-state index contributed by atoms with van der Waals surface area (Å²) in [5.74, 6) is -0.329. The van der Waals surface area contributed by atoms with Gasteiger partial charge < -0.3 is 4.90 Å². The maximum absolute atomic E-state index is 13.1. The fourth-order valence-electron chi connectivity index (χ4n) is 2.56. The monoisotopic (exact) mass is 264 g/mol. The predicted octanol–water partition coefficient (Wildman–Crippen LogP) is 2.03. The van der Waals surface area contributed by atoms with Gasteiger partial charge in [-0.05, 0) is 26.1 Å². The summed E-state index contributed by atoms with van der Waals surface area (Å²) >= 11 is 0.